The van der Waals surface area contributed by atoms with Crippen molar-refractivity contribution in [1.29, 1.82) is 0 Å². The van der Waals surface area contributed by atoms with E-state index in [9.17, 15) is 9.18 Å². The van der Waals surface area contributed by atoms with E-state index in [1.54, 1.807) is 6.92 Å². The summed E-state index contributed by atoms with van der Waals surface area (Å²) in [5, 5.41) is 2.84. The van der Waals surface area contributed by atoms with Gasteiger partial charge in [0.15, 0.2) is 0 Å². The molecule has 0 unspecified atom stereocenters. The highest BCUT2D eigenvalue weighted by Gasteiger charge is 2.13. The molecule has 0 amide bonds. The highest BCUT2D eigenvalue weighted by molar-refractivity contribution is 5.86. The van der Waals surface area contributed by atoms with E-state index in [1.807, 2.05) is 30.3 Å². The minimum Gasteiger partial charge on any atom is -0.461 e. The van der Waals surface area contributed by atoms with Crippen molar-refractivity contribution >= 4 is 5.97 Å². The van der Waals surface area contributed by atoms with Crippen LogP contribution in [0.15, 0.2) is 41.9 Å². The van der Waals surface area contributed by atoms with Gasteiger partial charge in [0.05, 0.1) is 12.3 Å². The molecule has 1 N–H and O–H groups in total. The summed E-state index contributed by atoms with van der Waals surface area (Å²) < 4.78 is 18.0. The van der Waals surface area contributed by atoms with E-state index in [0.717, 1.165) is 5.56 Å². The van der Waals surface area contributed by atoms with E-state index in [2.05, 4.69) is 10.1 Å². The molecular weight excluding hydrogens is 221 g/mol. The van der Waals surface area contributed by atoms with Gasteiger partial charge in [0.2, 0.25) is 5.83 Å². The average molecular weight is 237 g/mol. The Bertz CT molecular complexity index is 401. The Labute approximate surface area is 100 Å². The smallest absolute Gasteiger partial charge is 0.368 e. The fourth-order valence-electron chi connectivity index (χ4n) is 1.26. The molecule has 0 atom stereocenters. The molecule has 17 heavy (non-hydrogen) atoms. The number of nitrogens with one attached hydrogen (secondary N) is 1. The lowest BCUT2D eigenvalue weighted by molar-refractivity contribution is -0.140. The fourth-order valence-corrected chi connectivity index (χ4v) is 1.26. The van der Waals surface area contributed by atoms with Crippen LogP contribution >= 0.6 is 0 Å². The van der Waals surface area contributed by atoms with Crippen LogP contribution in [0.2, 0.25) is 0 Å². The van der Waals surface area contributed by atoms with E-state index >= 15 is 0 Å². The standard InChI is InChI=1S/C13H16FNO2/c1-3-17-13(16)12(14)10(2)15-9-11-7-5-4-6-8-11/h4-8,15H,3,9H2,1-2H3/b12-10+. The predicted octanol–water partition coefficient (Wildman–Crippen LogP) is 2.54. The molecule has 0 aliphatic carbocycles. The highest BCUT2D eigenvalue weighted by atomic mass is 19.1. The van der Waals surface area contributed by atoms with E-state index in [-0.39, 0.29) is 12.3 Å². The number of benzene rings is 1. The summed E-state index contributed by atoms with van der Waals surface area (Å²) in [4.78, 5) is 11.1. The summed E-state index contributed by atoms with van der Waals surface area (Å²) in [6.45, 7) is 3.78. The summed E-state index contributed by atoms with van der Waals surface area (Å²) >= 11 is 0. The number of esters is 1. The summed E-state index contributed by atoms with van der Waals surface area (Å²) in [6, 6.07) is 9.55. The second-order valence-electron chi connectivity index (χ2n) is 3.50. The minimum atomic E-state index is -0.925. The second-order valence-corrected chi connectivity index (χ2v) is 3.50. The zero-order valence-electron chi connectivity index (χ0n) is 10.00. The lowest BCUT2D eigenvalue weighted by Crippen LogP contribution is -2.16. The Kier molecular flexibility index (Phi) is 5.20. The number of carbonyl (C=O) groups is 1. The van der Waals surface area contributed by atoms with Crippen LogP contribution in [0.1, 0.15) is 19.4 Å². The Morgan fingerprint density at radius 2 is 2.00 bits per heavy atom. The number of hydrogen-bond donors (Lipinski definition) is 1. The molecule has 1 rings (SSSR count). The Balaban J connectivity index is 2.56. The van der Waals surface area contributed by atoms with Crippen molar-refractivity contribution in [3.63, 3.8) is 0 Å². The van der Waals surface area contributed by atoms with E-state index in [4.69, 9.17) is 0 Å². The minimum absolute atomic E-state index is 0.165. The lowest BCUT2D eigenvalue weighted by atomic mass is 10.2. The average Bonchev–Trinajstić information content (AvgIpc) is 2.36. The predicted molar refractivity (Wildman–Crippen MR) is 63.7 cm³/mol. The summed E-state index contributed by atoms with van der Waals surface area (Å²) in [6.07, 6.45) is 0. The summed E-state index contributed by atoms with van der Waals surface area (Å²) in [7, 11) is 0. The van der Waals surface area contributed by atoms with E-state index in [1.165, 1.54) is 6.92 Å². The van der Waals surface area contributed by atoms with Gasteiger partial charge in [0, 0.05) is 6.54 Å². The molecule has 0 saturated heterocycles. The van der Waals surface area contributed by atoms with Gasteiger partial charge in [-0.2, -0.15) is 4.39 Å². The van der Waals surface area contributed by atoms with Crippen LogP contribution in [-0.4, -0.2) is 12.6 Å². The van der Waals surface area contributed by atoms with Crippen molar-refractivity contribution in [2.45, 2.75) is 20.4 Å². The molecule has 1 aromatic carbocycles. The molecule has 92 valence electrons. The van der Waals surface area contributed by atoms with Gasteiger partial charge in [-0.1, -0.05) is 30.3 Å². The topological polar surface area (TPSA) is 38.3 Å². The maximum Gasteiger partial charge on any atom is 0.368 e. The second kappa shape index (κ2) is 6.68. The number of rotatable bonds is 5. The largest absolute Gasteiger partial charge is 0.461 e. The van der Waals surface area contributed by atoms with Crippen LogP contribution in [0.3, 0.4) is 0 Å². The van der Waals surface area contributed by atoms with Crippen molar-refractivity contribution in [2.24, 2.45) is 0 Å². The molecule has 0 heterocycles. The molecule has 4 heteroatoms. The molecule has 3 nitrogen and oxygen atoms in total. The molecule has 0 radical (unpaired) electrons. The fraction of sp³-hybridized carbons (Fsp3) is 0.308. The SMILES string of the molecule is CCOC(=O)/C(F)=C(/C)NCc1ccccc1. The van der Waals surface area contributed by atoms with Crippen LogP contribution in [-0.2, 0) is 16.1 Å². The third-order valence-electron chi connectivity index (χ3n) is 2.18. The van der Waals surface area contributed by atoms with Gasteiger partial charge in [-0.3, -0.25) is 0 Å². The van der Waals surface area contributed by atoms with Crippen molar-refractivity contribution < 1.29 is 13.9 Å². The molecule has 0 aliphatic rings. The Morgan fingerprint density at radius 1 is 1.35 bits per heavy atom. The molecule has 0 aliphatic heterocycles. The van der Waals surface area contributed by atoms with Crippen molar-refractivity contribution in [1.82, 2.24) is 5.32 Å². The highest BCUT2D eigenvalue weighted by Crippen LogP contribution is 2.07. The Hall–Kier alpha value is -1.84. The summed E-state index contributed by atoms with van der Waals surface area (Å²) in [5.74, 6) is -1.80. The van der Waals surface area contributed by atoms with E-state index < -0.39 is 11.8 Å². The van der Waals surface area contributed by atoms with Gasteiger partial charge in [-0.05, 0) is 19.4 Å². The molecule has 0 bridgehead atoms. The van der Waals surface area contributed by atoms with Crippen molar-refractivity contribution in [3.05, 3.63) is 47.4 Å². The zero-order chi connectivity index (χ0) is 12.7. The van der Waals surface area contributed by atoms with Gasteiger partial charge in [-0.15, -0.1) is 0 Å². The molecule has 0 saturated carbocycles. The monoisotopic (exact) mass is 237 g/mol. The van der Waals surface area contributed by atoms with E-state index in [0.29, 0.717) is 6.54 Å². The van der Waals surface area contributed by atoms with Gasteiger partial charge in [0.1, 0.15) is 0 Å². The van der Waals surface area contributed by atoms with Crippen molar-refractivity contribution in [3.8, 4) is 0 Å². The quantitative estimate of drug-likeness (QED) is 0.631. The maximum absolute atomic E-state index is 13.4. The van der Waals surface area contributed by atoms with Gasteiger partial charge < -0.3 is 10.1 Å². The van der Waals surface area contributed by atoms with Gasteiger partial charge in [0.25, 0.3) is 0 Å². The lowest BCUT2D eigenvalue weighted by Gasteiger charge is -2.08. The number of hydrogen-bond acceptors (Lipinski definition) is 3. The first kappa shape index (κ1) is 13.2. The Morgan fingerprint density at radius 3 is 2.59 bits per heavy atom. The number of ether oxygens (including phenoxy) is 1. The number of allylic oxidation sites excluding steroid dienone is 1. The molecular formula is C13H16FNO2. The number of carbonyl (C=O) groups excluding carboxylic acids is 1. The van der Waals surface area contributed by atoms with Crippen LogP contribution in [0.4, 0.5) is 4.39 Å². The van der Waals surface area contributed by atoms with Gasteiger partial charge >= 0.3 is 5.97 Å². The first-order valence-corrected chi connectivity index (χ1v) is 5.46. The third-order valence-corrected chi connectivity index (χ3v) is 2.18. The van der Waals surface area contributed by atoms with Crippen LogP contribution in [0.25, 0.3) is 0 Å². The van der Waals surface area contributed by atoms with Crippen molar-refractivity contribution in [2.75, 3.05) is 6.61 Å². The first-order valence-electron chi connectivity index (χ1n) is 5.46. The first-order chi connectivity index (χ1) is 8.15. The zero-order valence-corrected chi connectivity index (χ0v) is 10.00. The summed E-state index contributed by atoms with van der Waals surface area (Å²) in [5.41, 5.74) is 1.20. The normalized spacial score (nSPS) is 11.7. The molecule has 1 aromatic rings. The third kappa shape index (κ3) is 4.26. The molecule has 0 fully saturated rings. The van der Waals surface area contributed by atoms with Crippen LogP contribution < -0.4 is 5.32 Å². The molecule has 0 aromatic heterocycles. The molecule has 0 spiro atoms. The van der Waals surface area contributed by atoms with Crippen LogP contribution in [0.5, 0.6) is 0 Å². The van der Waals surface area contributed by atoms with Gasteiger partial charge in [-0.25, -0.2) is 4.79 Å². The van der Waals surface area contributed by atoms with Crippen LogP contribution in [0, 0.1) is 0 Å². The number of halogens is 1. The maximum atomic E-state index is 13.4.